The molecule has 0 aromatic heterocycles. The summed E-state index contributed by atoms with van der Waals surface area (Å²) >= 11 is 0. The summed E-state index contributed by atoms with van der Waals surface area (Å²) in [7, 11) is 0. The Kier molecular flexibility index (Phi) is 4.97. The lowest BCUT2D eigenvalue weighted by atomic mass is 9.35. The molecular formula is C34H44N2O3. The van der Waals surface area contributed by atoms with E-state index in [1.54, 1.807) is 0 Å². The Balaban J connectivity index is 1.35. The molecule has 7 rings (SSSR count). The van der Waals surface area contributed by atoms with Crippen LogP contribution in [0, 0.1) is 62.1 Å². The minimum Gasteiger partial charge on any atom is -0.350 e. The maximum atomic E-state index is 14.5. The molecule has 39 heavy (non-hydrogen) atoms. The Bertz CT molecular complexity index is 1310. The molecule has 0 unspecified atom stereocenters. The van der Waals surface area contributed by atoms with Crippen molar-refractivity contribution < 1.29 is 14.4 Å². The lowest BCUT2D eigenvalue weighted by Gasteiger charge is -2.69. The van der Waals surface area contributed by atoms with Crippen LogP contribution in [0.15, 0.2) is 23.3 Å². The maximum Gasteiger partial charge on any atom is 0.223 e. The van der Waals surface area contributed by atoms with Crippen molar-refractivity contribution in [3.63, 3.8) is 0 Å². The predicted molar refractivity (Wildman–Crippen MR) is 148 cm³/mol. The number of nitrogens with zero attached hydrogens (tertiary/aromatic N) is 1. The van der Waals surface area contributed by atoms with Crippen LogP contribution in [0.1, 0.15) is 105 Å². The van der Waals surface area contributed by atoms with Crippen molar-refractivity contribution in [3.05, 3.63) is 23.3 Å². The average molecular weight is 529 g/mol. The monoisotopic (exact) mass is 528 g/mol. The largest absolute Gasteiger partial charge is 0.350 e. The number of carbonyl (C=O) groups is 3. The smallest absolute Gasteiger partial charge is 0.223 e. The van der Waals surface area contributed by atoms with E-state index in [-0.39, 0.29) is 62.9 Å². The fourth-order valence-electron chi connectivity index (χ4n) is 10.9. The van der Waals surface area contributed by atoms with Crippen LogP contribution in [0.5, 0.6) is 0 Å². The van der Waals surface area contributed by atoms with E-state index in [2.05, 4.69) is 46.0 Å². The summed E-state index contributed by atoms with van der Waals surface area (Å²) in [6.45, 7) is 11.6. The highest BCUT2D eigenvalue weighted by Gasteiger charge is 2.72. The van der Waals surface area contributed by atoms with Gasteiger partial charge in [-0.3, -0.25) is 14.4 Å². The number of allylic oxidation sites excluding steroid dienone is 4. The van der Waals surface area contributed by atoms with Crippen LogP contribution in [0.3, 0.4) is 0 Å². The highest BCUT2D eigenvalue weighted by Crippen LogP contribution is 2.76. The van der Waals surface area contributed by atoms with Gasteiger partial charge in [-0.25, -0.2) is 0 Å². The van der Waals surface area contributed by atoms with Crippen molar-refractivity contribution in [3.8, 4) is 6.07 Å². The van der Waals surface area contributed by atoms with Crippen molar-refractivity contribution >= 4 is 17.5 Å². The summed E-state index contributed by atoms with van der Waals surface area (Å²) in [5.41, 5.74) is 0.0403. The van der Waals surface area contributed by atoms with Crippen molar-refractivity contribution in [1.82, 2.24) is 5.32 Å². The van der Waals surface area contributed by atoms with Gasteiger partial charge in [-0.15, -0.1) is 0 Å². The minimum absolute atomic E-state index is 0.0428. The number of Topliss-reactive ketones (excluding diaryl/α,β-unsaturated/α-hetero) is 1. The topological polar surface area (TPSA) is 87.0 Å². The second-order valence-corrected chi connectivity index (χ2v) is 16.1. The Morgan fingerprint density at radius 2 is 1.64 bits per heavy atom. The van der Waals surface area contributed by atoms with Crippen LogP contribution in [-0.4, -0.2) is 23.0 Å². The van der Waals surface area contributed by atoms with Crippen LogP contribution in [0.2, 0.25) is 0 Å². The molecule has 5 heteroatoms. The zero-order chi connectivity index (χ0) is 27.8. The third-order valence-electron chi connectivity index (χ3n) is 13.6. The van der Waals surface area contributed by atoms with Gasteiger partial charge >= 0.3 is 0 Å². The van der Waals surface area contributed by atoms with Gasteiger partial charge in [0.15, 0.2) is 11.6 Å². The van der Waals surface area contributed by atoms with Crippen molar-refractivity contribution in [2.75, 3.05) is 0 Å². The predicted octanol–water partition coefficient (Wildman–Crippen LogP) is 6.24. The third kappa shape index (κ3) is 3.15. The quantitative estimate of drug-likeness (QED) is 0.460. The highest BCUT2D eigenvalue weighted by atomic mass is 16.2. The molecule has 7 aliphatic carbocycles. The van der Waals surface area contributed by atoms with Gasteiger partial charge in [0.25, 0.3) is 0 Å². The number of rotatable bonds is 2. The number of hydrogen-bond donors (Lipinski definition) is 1. The lowest BCUT2D eigenvalue weighted by molar-refractivity contribution is -0.163. The third-order valence-corrected chi connectivity index (χ3v) is 13.6. The zero-order valence-electron chi connectivity index (χ0n) is 24.4. The molecule has 0 aliphatic heterocycles. The SMILES string of the molecule is CC1(C)CC[C@]2(NC(=O)C3CC3)CC[C@]3(C)[C@H](C(=O)C=C4[C@@]5(C)C=C(C#N)C(=O)C6(CC6)[C@@H]5CC[C@]43C)[C@@H]2C1. The fourth-order valence-corrected chi connectivity index (χ4v) is 10.9. The van der Waals surface area contributed by atoms with Crippen molar-refractivity contribution in [1.29, 1.82) is 5.26 Å². The molecule has 0 bridgehead atoms. The molecule has 5 saturated carbocycles. The van der Waals surface area contributed by atoms with Gasteiger partial charge in [0.05, 0.1) is 5.57 Å². The van der Waals surface area contributed by atoms with E-state index >= 15 is 0 Å². The van der Waals surface area contributed by atoms with Crippen molar-refractivity contribution in [2.24, 2.45) is 50.7 Å². The van der Waals surface area contributed by atoms with Crippen LogP contribution < -0.4 is 5.32 Å². The molecule has 0 aromatic rings. The average Bonchev–Trinajstić information content (AvgIpc) is 3.78. The summed E-state index contributed by atoms with van der Waals surface area (Å²) in [6.07, 6.45) is 14.4. The van der Waals surface area contributed by atoms with Crippen LogP contribution in [0.4, 0.5) is 0 Å². The van der Waals surface area contributed by atoms with E-state index in [0.717, 1.165) is 70.6 Å². The molecule has 0 aromatic carbocycles. The van der Waals surface area contributed by atoms with Crippen LogP contribution in [-0.2, 0) is 14.4 Å². The number of fused-ring (bicyclic) bond motifs is 8. The number of amides is 1. The van der Waals surface area contributed by atoms with Crippen LogP contribution >= 0.6 is 0 Å². The second-order valence-electron chi connectivity index (χ2n) is 16.1. The number of ketones is 2. The molecule has 1 N–H and O–H groups in total. The Hall–Kier alpha value is -2.22. The normalized spacial score (nSPS) is 46.9. The molecule has 1 spiro atoms. The summed E-state index contributed by atoms with van der Waals surface area (Å²) in [5.74, 6) is 0.791. The standard InChI is InChI=1S/C34H44N2O3/c1-29(2)10-14-34(36-28(39)20-6-7-20)15-11-32(5)26(22(34)18-29)23(37)16-25-30(3)17-21(19-35)27(38)33(12-13-33)24(30)8-9-31(25,32)4/h16-17,20,22,24,26H,6-15,18H2,1-5H3,(H,36,39)/t22-,24+,26-,30-,31+,32+,34-/m0/s1. The molecule has 1 amide bonds. The molecule has 0 heterocycles. The van der Waals surface area contributed by atoms with E-state index in [1.165, 1.54) is 5.57 Å². The Labute approximate surface area is 233 Å². The molecule has 0 radical (unpaired) electrons. The lowest BCUT2D eigenvalue weighted by Crippen LogP contribution is -2.69. The Morgan fingerprint density at radius 1 is 0.949 bits per heavy atom. The van der Waals surface area contributed by atoms with Gasteiger partial charge in [-0.1, -0.05) is 46.3 Å². The van der Waals surface area contributed by atoms with Crippen molar-refractivity contribution in [2.45, 2.75) is 111 Å². The molecule has 7 atom stereocenters. The summed E-state index contributed by atoms with van der Waals surface area (Å²) in [4.78, 5) is 41.0. The molecule has 7 aliphatic rings. The minimum atomic E-state index is -0.452. The second kappa shape index (κ2) is 7.54. The van der Waals surface area contributed by atoms with Gasteiger partial charge in [-0.05, 0) is 105 Å². The first-order valence-electron chi connectivity index (χ1n) is 15.5. The molecule has 5 fully saturated rings. The van der Waals surface area contributed by atoms with Gasteiger partial charge in [0, 0.05) is 28.2 Å². The molecular weight excluding hydrogens is 484 g/mol. The fraction of sp³-hybridized carbons (Fsp3) is 0.765. The molecule has 5 nitrogen and oxygen atoms in total. The van der Waals surface area contributed by atoms with Crippen LogP contribution in [0.25, 0.3) is 0 Å². The van der Waals surface area contributed by atoms with E-state index in [1.807, 2.05) is 12.2 Å². The first-order valence-corrected chi connectivity index (χ1v) is 15.5. The van der Waals surface area contributed by atoms with Gasteiger partial charge < -0.3 is 5.32 Å². The number of nitrogens with one attached hydrogen (secondary N) is 1. The summed E-state index contributed by atoms with van der Waals surface area (Å²) in [5, 5.41) is 13.5. The molecule has 0 saturated heterocycles. The molecule has 208 valence electrons. The number of carbonyl (C=O) groups excluding carboxylic acids is 3. The van der Waals surface area contributed by atoms with E-state index in [9.17, 15) is 19.6 Å². The Morgan fingerprint density at radius 3 is 2.28 bits per heavy atom. The van der Waals surface area contributed by atoms with E-state index < -0.39 is 10.8 Å². The highest BCUT2D eigenvalue weighted by molar-refractivity contribution is 6.06. The number of hydrogen-bond acceptors (Lipinski definition) is 4. The summed E-state index contributed by atoms with van der Waals surface area (Å²) in [6, 6.07) is 2.24. The zero-order valence-corrected chi connectivity index (χ0v) is 24.4. The summed E-state index contributed by atoms with van der Waals surface area (Å²) < 4.78 is 0. The number of nitriles is 1. The van der Waals surface area contributed by atoms with E-state index in [0.29, 0.717) is 5.57 Å². The van der Waals surface area contributed by atoms with Gasteiger partial charge in [0.2, 0.25) is 5.91 Å². The maximum absolute atomic E-state index is 14.5. The van der Waals surface area contributed by atoms with Gasteiger partial charge in [-0.2, -0.15) is 5.26 Å². The van der Waals surface area contributed by atoms with E-state index in [4.69, 9.17) is 0 Å². The first kappa shape index (κ1) is 25.7. The first-order chi connectivity index (χ1) is 18.3. The van der Waals surface area contributed by atoms with Gasteiger partial charge in [0.1, 0.15) is 6.07 Å².